The predicted molar refractivity (Wildman–Crippen MR) is 80.0 cm³/mol. The molecule has 1 unspecified atom stereocenters. The smallest absolute Gasteiger partial charge is 0.336 e. The third kappa shape index (κ3) is 3.16. The van der Waals surface area contributed by atoms with Crippen molar-refractivity contribution in [1.82, 2.24) is 0 Å². The minimum absolute atomic E-state index is 0.309. The Labute approximate surface area is 118 Å². The first-order valence-corrected chi connectivity index (χ1v) is 7.48. The van der Waals surface area contributed by atoms with Crippen LogP contribution in [-0.2, 0) is 5.75 Å². The molecule has 18 heavy (non-hydrogen) atoms. The van der Waals surface area contributed by atoms with Crippen molar-refractivity contribution in [2.45, 2.75) is 17.9 Å². The van der Waals surface area contributed by atoms with E-state index in [0.717, 1.165) is 21.2 Å². The Bertz CT molecular complexity index is 611. The first-order valence-electron chi connectivity index (χ1n) is 5.64. The van der Waals surface area contributed by atoms with Crippen LogP contribution in [0.15, 0.2) is 37.9 Å². The largest absolute Gasteiger partial charge is 0.423 e. The Morgan fingerprint density at radius 1 is 1.44 bits per heavy atom. The van der Waals surface area contributed by atoms with Crippen molar-refractivity contribution in [3.8, 4) is 0 Å². The highest BCUT2D eigenvalue weighted by atomic mass is 79.9. The lowest BCUT2D eigenvalue weighted by Gasteiger charge is -2.09. The molecule has 1 atom stereocenters. The van der Waals surface area contributed by atoms with E-state index in [0.29, 0.717) is 17.4 Å². The SMILES string of the molecule is CC(CN)SCc1cc(=O)oc2cc(Br)ccc12. The van der Waals surface area contributed by atoms with E-state index in [1.165, 1.54) is 0 Å². The molecule has 0 bridgehead atoms. The van der Waals surface area contributed by atoms with E-state index in [2.05, 4.69) is 22.9 Å². The second kappa shape index (κ2) is 5.91. The fourth-order valence-electron chi connectivity index (χ4n) is 1.62. The summed E-state index contributed by atoms with van der Waals surface area (Å²) in [5.41, 5.74) is 6.90. The van der Waals surface area contributed by atoms with Crippen LogP contribution in [0.3, 0.4) is 0 Å². The van der Waals surface area contributed by atoms with Gasteiger partial charge in [-0.3, -0.25) is 0 Å². The van der Waals surface area contributed by atoms with Gasteiger partial charge in [0.25, 0.3) is 0 Å². The van der Waals surface area contributed by atoms with Gasteiger partial charge in [0.1, 0.15) is 5.58 Å². The topological polar surface area (TPSA) is 56.2 Å². The van der Waals surface area contributed by atoms with Crippen LogP contribution in [0.4, 0.5) is 0 Å². The molecule has 0 aliphatic carbocycles. The summed E-state index contributed by atoms with van der Waals surface area (Å²) < 4.78 is 6.10. The van der Waals surface area contributed by atoms with Crippen LogP contribution in [0, 0.1) is 0 Å². The molecule has 0 radical (unpaired) electrons. The molecule has 0 amide bonds. The maximum absolute atomic E-state index is 11.5. The lowest BCUT2D eigenvalue weighted by molar-refractivity contribution is 0.559. The Morgan fingerprint density at radius 2 is 2.22 bits per heavy atom. The first-order chi connectivity index (χ1) is 8.60. The van der Waals surface area contributed by atoms with Crippen molar-refractivity contribution < 1.29 is 4.42 Å². The first kappa shape index (κ1) is 13.6. The summed E-state index contributed by atoms with van der Waals surface area (Å²) >= 11 is 5.11. The van der Waals surface area contributed by atoms with Crippen LogP contribution in [0.2, 0.25) is 0 Å². The van der Waals surface area contributed by atoms with Gasteiger partial charge in [0.05, 0.1) is 0 Å². The number of fused-ring (bicyclic) bond motifs is 1. The number of thioether (sulfide) groups is 1. The Hall–Kier alpha value is -0.780. The summed E-state index contributed by atoms with van der Waals surface area (Å²) in [6.45, 7) is 2.71. The summed E-state index contributed by atoms with van der Waals surface area (Å²) in [5.74, 6) is 0.766. The van der Waals surface area contributed by atoms with Crippen LogP contribution in [-0.4, -0.2) is 11.8 Å². The van der Waals surface area contributed by atoms with E-state index >= 15 is 0 Å². The lowest BCUT2D eigenvalue weighted by atomic mass is 10.1. The van der Waals surface area contributed by atoms with E-state index in [1.807, 2.05) is 18.2 Å². The van der Waals surface area contributed by atoms with Crippen molar-refractivity contribution in [1.29, 1.82) is 0 Å². The predicted octanol–water partition coefficient (Wildman–Crippen LogP) is 3.14. The zero-order valence-corrected chi connectivity index (χ0v) is 12.4. The van der Waals surface area contributed by atoms with Gasteiger partial charge in [-0.2, -0.15) is 11.8 Å². The minimum atomic E-state index is -0.309. The van der Waals surface area contributed by atoms with E-state index in [4.69, 9.17) is 10.2 Å². The summed E-state index contributed by atoms with van der Waals surface area (Å²) in [7, 11) is 0. The number of hydrogen-bond acceptors (Lipinski definition) is 4. The van der Waals surface area contributed by atoms with E-state index in [-0.39, 0.29) is 5.63 Å². The van der Waals surface area contributed by atoms with Crippen molar-refractivity contribution in [3.05, 3.63) is 44.7 Å². The van der Waals surface area contributed by atoms with Gasteiger partial charge in [0, 0.05) is 33.5 Å². The highest BCUT2D eigenvalue weighted by molar-refractivity contribution is 9.10. The van der Waals surface area contributed by atoms with Gasteiger partial charge in [-0.25, -0.2) is 4.79 Å². The second-order valence-corrected chi connectivity index (χ2v) is 6.43. The van der Waals surface area contributed by atoms with Crippen LogP contribution in [0.5, 0.6) is 0 Å². The molecule has 1 heterocycles. The van der Waals surface area contributed by atoms with Crippen molar-refractivity contribution >= 4 is 38.7 Å². The summed E-state index contributed by atoms with van der Waals surface area (Å²) in [4.78, 5) is 11.5. The second-order valence-electron chi connectivity index (χ2n) is 4.09. The molecule has 0 fully saturated rings. The molecule has 1 aromatic carbocycles. The Kier molecular flexibility index (Phi) is 4.48. The van der Waals surface area contributed by atoms with Crippen molar-refractivity contribution in [2.24, 2.45) is 5.73 Å². The molecule has 0 saturated carbocycles. The normalized spacial score (nSPS) is 12.8. The van der Waals surface area contributed by atoms with Crippen molar-refractivity contribution in [3.63, 3.8) is 0 Å². The number of halogens is 1. The monoisotopic (exact) mass is 327 g/mol. The van der Waals surface area contributed by atoms with E-state index in [9.17, 15) is 4.79 Å². The minimum Gasteiger partial charge on any atom is -0.423 e. The molecule has 1 aromatic heterocycles. The number of nitrogens with two attached hydrogens (primary N) is 1. The molecule has 3 nitrogen and oxygen atoms in total. The molecule has 96 valence electrons. The fraction of sp³-hybridized carbons (Fsp3) is 0.308. The van der Waals surface area contributed by atoms with E-state index in [1.54, 1.807) is 17.8 Å². The van der Waals surface area contributed by atoms with Crippen LogP contribution in [0.1, 0.15) is 12.5 Å². The van der Waals surface area contributed by atoms with Gasteiger partial charge in [-0.1, -0.05) is 22.9 Å². The number of benzene rings is 1. The van der Waals surface area contributed by atoms with Crippen molar-refractivity contribution in [2.75, 3.05) is 6.54 Å². The summed E-state index contributed by atoms with van der Waals surface area (Å²) in [5, 5.41) is 1.36. The third-order valence-electron chi connectivity index (χ3n) is 2.65. The van der Waals surface area contributed by atoms with Gasteiger partial charge in [-0.15, -0.1) is 0 Å². The highest BCUT2D eigenvalue weighted by Gasteiger charge is 2.08. The molecular formula is C13H14BrNO2S. The van der Waals surface area contributed by atoms with E-state index < -0.39 is 0 Å². The van der Waals surface area contributed by atoms with Crippen LogP contribution < -0.4 is 11.4 Å². The van der Waals surface area contributed by atoms with Crippen LogP contribution in [0.25, 0.3) is 11.0 Å². The quantitative estimate of drug-likeness (QED) is 0.876. The van der Waals surface area contributed by atoms with Gasteiger partial charge in [-0.05, 0) is 23.8 Å². The molecule has 0 aliphatic rings. The molecular weight excluding hydrogens is 314 g/mol. The highest BCUT2D eigenvalue weighted by Crippen LogP contribution is 2.25. The van der Waals surface area contributed by atoms with Gasteiger partial charge >= 0.3 is 5.63 Å². The molecule has 0 saturated heterocycles. The summed E-state index contributed by atoms with van der Waals surface area (Å²) in [6.07, 6.45) is 0. The fourth-order valence-corrected chi connectivity index (χ4v) is 2.80. The molecule has 0 aliphatic heterocycles. The van der Waals surface area contributed by atoms with Crippen LogP contribution >= 0.6 is 27.7 Å². The average Bonchev–Trinajstić information content (AvgIpc) is 2.34. The Morgan fingerprint density at radius 3 is 2.94 bits per heavy atom. The maximum atomic E-state index is 11.5. The third-order valence-corrected chi connectivity index (χ3v) is 4.38. The lowest BCUT2D eigenvalue weighted by Crippen LogP contribution is -2.13. The van der Waals surface area contributed by atoms with Gasteiger partial charge in [0.2, 0.25) is 0 Å². The average molecular weight is 328 g/mol. The summed E-state index contributed by atoms with van der Waals surface area (Å²) in [6, 6.07) is 7.29. The number of rotatable bonds is 4. The Balaban J connectivity index is 2.40. The van der Waals surface area contributed by atoms with Gasteiger partial charge in [0.15, 0.2) is 0 Å². The molecule has 5 heteroatoms. The number of hydrogen-bond donors (Lipinski definition) is 1. The molecule has 2 N–H and O–H groups in total. The standard InChI is InChI=1S/C13H14BrNO2S/c1-8(6-15)18-7-9-4-13(16)17-12-5-10(14)2-3-11(9)12/h2-5,8H,6-7,15H2,1H3. The maximum Gasteiger partial charge on any atom is 0.336 e. The molecule has 2 aromatic rings. The molecule has 0 spiro atoms. The van der Waals surface area contributed by atoms with Gasteiger partial charge < -0.3 is 10.2 Å². The zero-order chi connectivity index (χ0) is 13.1. The zero-order valence-electron chi connectivity index (χ0n) is 9.98. The molecule has 2 rings (SSSR count).